The Bertz CT molecular complexity index is 625. The molecule has 1 aliphatic heterocycles. The van der Waals surface area contributed by atoms with Crippen LogP contribution in [0.5, 0.6) is 0 Å². The van der Waals surface area contributed by atoms with Crippen LogP contribution in [0.15, 0.2) is 0 Å². The third kappa shape index (κ3) is 10.7. The number of thioether (sulfide) groups is 1. The van der Waals surface area contributed by atoms with E-state index in [1.807, 2.05) is 0 Å². The lowest BCUT2D eigenvalue weighted by Crippen LogP contribution is -2.61. The zero-order valence-electron chi connectivity index (χ0n) is 19.6. The molecule has 9 nitrogen and oxygen atoms in total. The molecular formula is C22H36O9S. The fraction of sp³-hybridized carbons (Fsp3) is 0.818. The first-order valence-electron chi connectivity index (χ1n) is 11.1. The second-order valence-electron chi connectivity index (χ2n) is 7.71. The van der Waals surface area contributed by atoms with E-state index in [2.05, 4.69) is 6.92 Å². The average Bonchev–Trinajstić information content (AvgIpc) is 2.68. The van der Waals surface area contributed by atoms with E-state index >= 15 is 0 Å². The van der Waals surface area contributed by atoms with Crippen LogP contribution in [0.2, 0.25) is 0 Å². The van der Waals surface area contributed by atoms with E-state index < -0.39 is 53.7 Å². The fourth-order valence-electron chi connectivity index (χ4n) is 3.40. The number of unbranched alkanes of at least 4 members (excludes halogenated alkanes) is 5. The minimum atomic E-state index is -1.11. The van der Waals surface area contributed by atoms with Crippen molar-refractivity contribution in [1.29, 1.82) is 0 Å². The summed E-state index contributed by atoms with van der Waals surface area (Å²) in [6.45, 7) is 6.87. The summed E-state index contributed by atoms with van der Waals surface area (Å²) in [4.78, 5) is 46.6. The first kappa shape index (κ1) is 28.2. The maximum absolute atomic E-state index is 11.8. The van der Waals surface area contributed by atoms with Gasteiger partial charge in [0, 0.05) is 27.7 Å². The number of ether oxygens (including phenoxy) is 5. The van der Waals surface area contributed by atoms with Crippen molar-refractivity contribution in [3.63, 3.8) is 0 Å². The number of carbonyl (C=O) groups excluding carboxylic acids is 4. The second kappa shape index (κ2) is 15.1. The zero-order chi connectivity index (χ0) is 24.1. The molecule has 0 saturated carbocycles. The van der Waals surface area contributed by atoms with Gasteiger partial charge in [0.2, 0.25) is 0 Å². The van der Waals surface area contributed by atoms with E-state index in [0.717, 1.165) is 25.0 Å². The van der Waals surface area contributed by atoms with Gasteiger partial charge in [-0.1, -0.05) is 39.0 Å². The predicted octanol–water partition coefficient (Wildman–Crippen LogP) is 3.16. The number of hydrogen-bond acceptors (Lipinski definition) is 10. The van der Waals surface area contributed by atoms with Crippen molar-refractivity contribution in [3.05, 3.63) is 0 Å². The Morgan fingerprint density at radius 3 is 1.81 bits per heavy atom. The summed E-state index contributed by atoms with van der Waals surface area (Å²) in [5, 5.41) is 0. The van der Waals surface area contributed by atoms with Crippen molar-refractivity contribution in [1.82, 2.24) is 0 Å². The summed E-state index contributed by atoms with van der Waals surface area (Å²) in [5.74, 6) is -1.64. The molecule has 5 atom stereocenters. The van der Waals surface area contributed by atoms with Gasteiger partial charge in [-0.05, 0) is 12.2 Å². The molecule has 0 bridgehead atoms. The second-order valence-corrected chi connectivity index (χ2v) is 8.91. The summed E-state index contributed by atoms with van der Waals surface area (Å²) in [6, 6.07) is 0. The van der Waals surface area contributed by atoms with Crippen LogP contribution in [0.4, 0.5) is 0 Å². The molecule has 0 N–H and O–H groups in total. The molecule has 0 radical (unpaired) electrons. The summed E-state index contributed by atoms with van der Waals surface area (Å²) in [6.07, 6.45) is 2.67. The summed E-state index contributed by atoms with van der Waals surface area (Å²) >= 11 is 1.43. The van der Waals surface area contributed by atoms with Gasteiger partial charge in [-0.25, -0.2) is 0 Å². The third-order valence-electron chi connectivity index (χ3n) is 4.73. The Balaban J connectivity index is 3.01. The Kier molecular flexibility index (Phi) is 13.3. The van der Waals surface area contributed by atoms with E-state index in [4.69, 9.17) is 23.7 Å². The minimum Gasteiger partial charge on any atom is -0.463 e. The van der Waals surface area contributed by atoms with Crippen LogP contribution >= 0.6 is 11.8 Å². The highest BCUT2D eigenvalue weighted by atomic mass is 32.2. The van der Waals surface area contributed by atoms with Crippen LogP contribution in [0.3, 0.4) is 0 Å². The summed E-state index contributed by atoms with van der Waals surface area (Å²) in [5.41, 5.74) is -0.689. The lowest BCUT2D eigenvalue weighted by atomic mass is 9.99. The van der Waals surface area contributed by atoms with Gasteiger partial charge >= 0.3 is 23.9 Å². The van der Waals surface area contributed by atoms with Crippen LogP contribution in [0.25, 0.3) is 0 Å². The van der Waals surface area contributed by atoms with Crippen LogP contribution in [-0.2, 0) is 42.9 Å². The van der Waals surface area contributed by atoms with Crippen LogP contribution in [0.1, 0.15) is 73.1 Å². The third-order valence-corrected chi connectivity index (χ3v) is 5.96. The molecule has 0 aromatic carbocycles. The van der Waals surface area contributed by atoms with Gasteiger partial charge in [0.05, 0.1) is 0 Å². The normalized spacial score (nSPS) is 25.0. The molecule has 0 spiro atoms. The highest BCUT2D eigenvalue weighted by Gasteiger charge is 2.52. The molecule has 1 rings (SSSR count). The van der Waals surface area contributed by atoms with E-state index in [1.165, 1.54) is 58.7 Å². The minimum absolute atomic E-state index is 0.202. The Morgan fingerprint density at radius 1 is 0.719 bits per heavy atom. The molecule has 0 aromatic rings. The van der Waals surface area contributed by atoms with Gasteiger partial charge < -0.3 is 23.7 Å². The van der Waals surface area contributed by atoms with Crippen molar-refractivity contribution >= 4 is 35.6 Å². The molecule has 10 heteroatoms. The monoisotopic (exact) mass is 476 g/mol. The maximum Gasteiger partial charge on any atom is 0.303 e. The van der Waals surface area contributed by atoms with Crippen molar-refractivity contribution < 1.29 is 42.9 Å². The molecule has 0 unspecified atom stereocenters. The SMILES string of the molecule is CCCCCCCCS[C@@H]1O[C@H](COC(C)=O)[C@@H](OC(C)=O)[C@H](OC(C)=O)[C@H]1OC(C)=O. The van der Waals surface area contributed by atoms with E-state index in [-0.39, 0.29) is 6.61 Å². The molecule has 1 heterocycles. The molecule has 184 valence electrons. The first-order chi connectivity index (χ1) is 15.1. The Morgan fingerprint density at radius 2 is 1.25 bits per heavy atom. The quantitative estimate of drug-likeness (QED) is 0.223. The van der Waals surface area contributed by atoms with Crippen molar-refractivity contribution in [2.45, 2.75) is 103 Å². The van der Waals surface area contributed by atoms with E-state index in [0.29, 0.717) is 0 Å². The van der Waals surface area contributed by atoms with Gasteiger partial charge in [-0.2, -0.15) is 0 Å². The lowest BCUT2D eigenvalue weighted by molar-refractivity contribution is -0.237. The number of hydrogen-bond donors (Lipinski definition) is 0. The molecular weight excluding hydrogens is 440 g/mol. The van der Waals surface area contributed by atoms with Crippen LogP contribution < -0.4 is 0 Å². The van der Waals surface area contributed by atoms with Gasteiger partial charge in [-0.15, -0.1) is 11.8 Å². The Hall–Kier alpha value is -1.81. The predicted molar refractivity (Wildman–Crippen MR) is 118 cm³/mol. The van der Waals surface area contributed by atoms with Crippen molar-refractivity contribution in [2.75, 3.05) is 12.4 Å². The molecule has 1 fully saturated rings. The molecule has 1 saturated heterocycles. The highest BCUT2D eigenvalue weighted by Crippen LogP contribution is 2.34. The van der Waals surface area contributed by atoms with Crippen molar-refractivity contribution in [2.24, 2.45) is 0 Å². The standard InChI is InChI=1S/C22H36O9S/c1-6-7-8-9-10-11-12-32-22-21(30-17(5)26)20(29-16(4)25)19(28-15(3)24)18(31-22)13-27-14(2)23/h18-22H,6-13H2,1-5H3/t18-,19-,20+,21-,22+/m1/s1. The molecule has 0 aliphatic carbocycles. The topological polar surface area (TPSA) is 114 Å². The van der Waals surface area contributed by atoms with Gasteiger partial charge in [0.1, 0.15) is 18.1 Å². The smallest absolute Gasteiger partial charge is 0.303 e. The summed E-state index contributed by atoms with van der Waals surface area (Å²) < 4.78 is 27.4. The number of rotatable bonds is 13. The van der Waals surface area contributed by atoms with Crippen molar-refractivity contribution in [3.8, 4) is 0 Å². The van der Waals surface area contributed by atoms with Gasteiger partial charge in [0.15, 0.2) is 18.3 Å². The maximum atomic E-state index is 11.8. The van der Waals surface area contributed by atoms with Gasteiger partial charge in [0.25, 0.3) is 0 Å². The zero-order valence-corrected chi connectivity index (χ0v) is 20.4. The first-order valence-corrected chi connectivity index (χ1v) is 12.1. The molecule has 32 heavy (non-hydrogen) atoms. The van der Waals surface area contributed by atoms with Crippen LogP contribution in [-0.4, -0.2) is 66.1 Å². The highest BCUT2D eigenvalue weighted by molar-refractivity contribution is 7.99. The average molecular weight is 477 g/mol. The van der Waals surface area contributed by atoms with Gasteiger partial charge in [-0.3, -0.25) is 19.2 Å². The van der Waals surface area contributed by atoms with E-state index in [1.54, 1.807) is 0 Å². The molecule has 0 amide bonds. The van der Waals surface area contributed by atoms with E-state index in [9.17, 15) is 19.2 Å². The summed E-state index contributed by atoms with van der Waals surface area (Å²) in [7, 11) is 0. The Labute approximate surface area is 194 Å². The fourth-order valence-corrected chi connectivity index (χ4v) is 4.63. The largest absolute Gasteiger partial charge is 0.463 e. The molecule has 1 aliphatic rings. The lowest BCUT2D eigenvalue weighted by Gasteiger charge is -2.44. The van der Waals surface area contributed by atoms with Crippen LogP contribution in [0, 0.1) is 0 Å². The number of carbonyl (C=O) groups is 4. The molecule has 0 aromatic heterocycles. The number of esters is 4.